The van der Waals surface area contributed by atoms with E-state index in [9.17, 15) is 19.7 Å². The molecule has 2 aromatic rings. The zero-order chi connectivity index (χ0) is 20.8. The number of carbonyl (C=O) groups excluding carboxylic acids is 2. The van der Waals surface area contributed by atoms with Crippen molar-refractivity contribution in [2.45, 2.75) is 5.41 Å². The van der Waals surface area contributed by atoms with Gasteiger partial charge in [-0.15, -0.1) is 0 Å². The quantitative estimate of drug-likeness (QED) is 0.580. The predicted octanol–water partition coefficient (Wildman–Crippen LogP) is 1.87. The van der Waals surface area contributed by atoms with Crippen LogP contribution in [0.5, 0.6) is 0 Å². The van der Waals surface area contributed by atoms with E-state index in [1.54, 1.807) is 48.3 Å². The van der Waals surface area contributed by atoms with Gasteiger partial charge in [0.2, 0.25) is 5.41 Å². The molecule has 3 heterocycles. The Bertz CT molecular complexity index is 1280. The molecule has 1 aliphatic carbocycles. The number of para-hydroxylation sites is 1. The smallest absolute Gasteiger partial charge is 0.310 e. The number of nitrogens with zero attached hydrogens (tertiary/aromatic N) is 3. The van der Waals surface area contributed by atoms with E-state index in [1.807, 2.05) is 12.1 Å². The molecule has 3 aliphatic heterocycles. The van der Waals surface area contributed by atoms with Crippen LogP contribution in [0.4, 0.5) is 5.69 Å². The van der Waals surface area contributed by atoms with Gasteiger partial charge in [-0.1, -0.05) is 42.5 Å². The number of fused-ring (bicyclic) bond motifs is 7. The van der Waals surface area contributed by atoms with E-state index < -0.39 is 16.2 Å². The minimum atomic E-state index is -1.79. The summed E-state index contributed by atoms with van der Waals surface area (Å²) in [6, 6.07) is 14.2. The van der Waals surface area contributed by atoms with Crippen LogP contribution in [0.15, 0.2) is 65.6 Å². The summed E-state index contributed by atoms with van der Waals surface area (Å²) < 4.78 is 0. The van der Waals surface area contributed by atoms with Crippen molar-refractivity contribution in [2.24, 2.45) is 0 Å². The molecule has 0 aromatic heterocycles. The number of nitro groups is 1. The molecule has 1 fully saturated rings. The van der Waals surface area contributed by atoms with Crippen LogP contribution in [-0.4, -0.2) is 41.7 Å². The summed E-state index contributed by atoms with van der Waals surface area (Å²) in [7, 11) is 1.60. The third-order valence-corrected chi connectivity index (χ3v) is 6.49. The average molecular weight is 400 g/mol. The first-order valence-electron chi connectivity index (χ1n) is 9.66. The fraction of sp³-hybridized carbons (Fsp3) is 0.182. The molecular formula is C22H16N4O4. The van der Waals surface area contributed by atoms with Gasteiger partial charge in [0.15, 0.2) is 11.6 Å². The molecule has 1 unspecified atom stereocenters. The van der Waals surface area contributed by atoms with Gasteiger partial charge >= 0.3 is 5.70 Å². The maximum atomic E-state index is 13.8. The van der Waals surface area contributed by atoms with Crippen LogP contribution in [0.2, 0.25) is 0 Å². The van der Waals surface area contributed by atoms with Crippen molar-refractivity contribution in [3.63, 3.8) is 0 Å². The molecule has 1 spiro atoms. The third kappa shape index (κ3) is 1.65. The van der Waals surface area contributed by atoms with E-state index in [2.05, 4.69) is 5.32 Å². The van der Waals surface area contributed by atoms with Crippen molar-refractivity contribution in [3.05, 3.63) is 92.4 Å². The Hall–Kier alpha value is -3.94. The number of anilines is 1. The van der Waals surface area contributed by atoms with E-state index in [0.29, 0.717) is 47.0 Å². The van der Waals surface area contributed by atoms with Crippen LogP contribution >= 0.6 is 0 Å². The van der Waals surface area contributed by atoms with Crippen LogP contribution in [0.3, 0.4) is 0 Å². The Morgan fingerprint density at radius 1 is 1.07 bits per heavy atom. The van der Waals surface area contributed by atoms with Crippen molar-refractivity contribution in [2.75, 3.05) is 25.0 Å². The minimum absolute atomic E-state index is 0.185. The SMILES string of the molecule is CN1C(=O)C2(C3=C(c4ccccc4C3=O)N3CCNC3=C2[N+](=O)[O-])c2ccccc21. The lowest BCUT2D eigenvalue weighted by Gasteiger charge is -2.35. The van der Waals surface area contributed by atoms with Crippen molar-refractivity contribution in [3.8, 4) is 0 Å². The lowest BCUT2D eigenvalue weighted by Crippen LogP contribution is -2.50. The second-order valence-electron chi connectivity index (χ2n) is 7.76. The molecule has 1 amide bonds. The lowest BCUT2D eigenvalue weighted by atomic mass is 9.69. The van der Waals surface area contributed by atoms with Crippen LogP contribution in [0, 0.1) is 10.1 Å². The Kier molecular flexibility index (Phi) is 3.03. The maximum absolute atomic E-state index is 13.8. The van der Waals surface area contributed by atoms with Gasteiger partial charge in [0, 0.05) is 42.5 Å². The molecule has 2 aromatic carbocycles. The lowest BCUT2D eigenvalue weighted by molar-refractivity contribution is -0.435. The van der Waals surface area contributed by atoms with Gasteiger partial charge in [0.25, 0.3) is 5.91 Å². The Balaban J connectivity index is 1.81. The first kappa shape index (κ1) is 17.0. The molecule has 8 nitrogen and oxygen atoms in total. The summed E-state index contributed by atoms with van der Waals surface area (Å²) in [6.07, 6.45) is 0. The summed E-state index contributed by atoms with van der Waals surface area (Å²) in [5, 5.41) is 15.6. The highest BCUT2D eigenvalue weighted by Gasteiger charge is 2.68. The molecule has 0 saturated carbocycles. The molecule has 148 valence electrons. The molecule has 1 atom stereocenters. The molecule has 0 radical (unpaired) electrons. The van der Waals surface area contributed by atoms with Gasteiger partial charge in [-0.2, -0.15) is 0 Å². The molecule has 8 heteroatoms. The number of benzene rings is 2. The molecule has 0 bridgehead atoms. The van der Waals surface area contributed by atoms with E-state index in [1.165, 1.54) is 4.90 Å². The van der Waals surface area contributed by atoms with Crippen molar-refractivity contribution in [1.29, 1.82) is 0 Å². The summed E-state index contributed by atoms with van der Waals surface area (Å²) in [5.74, 6) is -0.518. The Labute approximate surface area is 171 Å². The monoisotopic (exact) mass is 400 g/mol. The number of amides is 1. The van der Waals surface area contributed by atoms with E-state index in [0.717, 1.165) is 0 Å². The second-order valence-corrected chi connectivity index (χ2v) is 7.76. The van der Waals surface area contributed by atoms with Gasteiger partial charge in [-0.05, 0) is 6.07 Å². The minimum Gasteiger partial charge on any atom is -0.364 e. The number of carbonyl (C=O) groups is 2. The topological polar surface area (TPSA) is 95.8 Å². The van der Waals surface area contributed by atoms with Crippen molar-refractivity contribution < 1.29 is 14.5 Å². The molecule has 6 rings (SSSR count). The summed E-state index contributed by atoms with van der Waals surface area (Å²) in [6.45, 7) is 0.969. The van der Waals surface area contributed by atoms with Gasteiger partial charge in [-0.25, -0.2) is 0 Å². The van der Waals surface area contributed by atoms with Crippen LogP contribution in [-0.2, 0) is 10.2 Å². The zero-order valence-corrected chi connectivity index (χ0v) is 16.0. The number of hydrogen-bond donors (Lipinski definition) is 1. The van der Waals surface area contributed by atoms with Crippen molar-refractivity contribution in [1.82, 2.24) is 10.2 Å². The molecule has 30 heavy (non-hydrogen) atoms. The number of rotatable bonds is 1. The first-order valence-corrected chi connectivity index (χ1v) is 9.66. The van der Waals surface area contributed by atoms with Crippen molar-refractivity contribution >= 4 is 23.1 Å². The van der Waals surface area contributed by atoms with Gasteiger partial charge in [0.1, 0.15) is 0 Å². The number of Topliss-reactive ketones (excluding diaryl/α,β-unsaturated/α-hetero) is 1. The van der Waals surface area contributed by atoms with Crippen LogP contribution < -0.4 is 10.2 Å². The maximum Gasteiger partial charge on any atom is 0.310 e. The number of ketones is 1. The molecule has 4 aliphatic rings. The first-order chi connectivity index (χ1) is 14.5. The molecule has 1 saturated heterocycles. The summed E-state index contributed by atoms with van der Waals surface area (Å²) in [5.41, 5.74) is 0.941. The summed E-state index contributed by atoms with van der Waals surface area (Å²) >= 11 is 0. The third-order valence-electron chi connectivity index (χ3n) is 6.49. The van der Waals surface area contributed by atoms with Gasteiger partial charge < -0.3 is 15.1 Å². The van der Waals surface area contributed by atoms with Gasteiger partial charge in [0.05, 0.1) is 16.2 Å². The average Bonchev–Trinajstić information content (AvgIpc) is 3.40. The number of hydrogen-bond acceptors (Lipinski definition) is 6. The van der Waals surface area contributed by atoms with Gasteiger partial charge in [-0.3, -0.25) is 19.7 Å². The summed E-state index contributed by atoms with van der Waals surface area (Å²) in [4.78, 5) is 42.7. The van der Waals surface area contributed by atoms with Crippen LogP contribution in [0.25, 0.3) is 5.70 Å². The fourth-order valence-electron chi connectivity index (χ4n) is 5.37. The van der Waals surface area contributed by atoms with Crippen LogP contribution in [0.1, 0.15) is 21.5 Å². The largest absolute Gasteiger partial charge is 0.364 e. The second kappa shape index (κ2) is 5.35. The van der Waals surface area contributed by atoms with E-state index in [4.69, 9.17) is 0 Å². The molecule has 1 N–H and O–H groups in total. The van der Waals surface area contributed by atoms with E-state index >= 15 is 0 Å². The predicted molar refractivity (Wildman–Crippen MR) is 108 cm³/mol. The normalized spacial score (nSPS) is 23.6. The molecular weight excluding hydrogens is 384 g/mol. The zero-order valence-electron chi connectivity index (χ0n) is 16.0. The highest BCUT2D eigenvalue weighted by Crippen LogP contribution is 2.59. The fourth-order valence-corrected chi connectivity index (χ4v) is 5.37. The highest BCUT2D eigenvalue weighted by atomic mass is 16.6. The standard InChI is InChI=1S/C22H16N4O4/c1-24-15-9-5-4-8-14(15)22(21(24)28)16-17(12-6-2-3-7-13(12)18(16)27)25-11-10-23-20(25)19(22)26(29)30/h2-9,23H,10-11H2,1H3. The number of likely N-dealkylation sites (N-methyl/N-ethyl adjacent to an activating group) is 1. The number of nitrogens with one attached hydrogen (secondary N) is 1. The highest BCUT2D eigenvalue weighted by molar-refractivity contribution is 6.29. The Morgan fingerprint density at radius 2 is 1.77 bits per heavy atom. The Morgan fingerprint density at radius 3 is 2.53 bits per heavy atom. The van der Waals surface area contributed by atoms with E-state index in [-0.39, 0.29) is 17.1 Å².